The Kier molecular flexibility index (Phi) is 4.96. The number of aliphatic hydroxyl groups excluding tert-OH is 1. The Balaban J connectivity index is 2.12. The molecular weight excluding hydrogens is 262 g/mol. The Morgan fingerprint density at radius 2 is 1.84 bits per heavy atom. The summed E-state index contributed by atoms with van der Waals surface area (Å²) in [5.41, 5.74) is 0.615. The lowest BCUT2D eigenvalue weighted by molar-refractivity contribution is 0.281. The maximum absolute atomic E-state index is 12.3. The molecule has 2 rings (SSSR count). The van der Waals surface area contributed by atoms with Crippen LogP contribution in [-0.2, 0) is 16.6 Å². The molecule has 1 aliphatic carbocycles. The predicted octanol–water partition coefficient (Wildman–Crippen LogP) is 2.18. The van der Waals surface area contributed by atoms with E-state index in [1.165, 1.54) is 18.9 Å². The van der Waals surface area contributed by atoms with E-state index >= 15 is 0 Å². The lowest BCUT2D eigenvalue weighted by Gasteiger charge is -2.16. The molecule has 106 valence electrons. The van der Waals surface area contributed by atoms with Gasteiger partial charge in [-0.05, 0) is 30.5 Å². The molecular formula is C14H21NO3S. The van der Waals surface area contributed by atoms with Gasteiger partial charge in [-0.3, -0.25) is 0 Å². The van der Waals surface area contributed by atoms with Crippen molar-refractivity contribution in [3.05, 3.63) is 29.8 Å². The van der Waals surface area contributed by atoms with E-state index in [4.69, 9.17) is 5.11 Å². The molecule has 0 heterocycles. The fourth-order valence-electron chi connectivity index (χ4n) is 2.50. The molecule has 1 aromatic rings. The van der Waals surface area contributed by atoms with Crippen molar-refractivity contribution in [1.82, 2.24) is 4.72 Å². The van der Waals surface area contributed by atoms with E-state index < -0.39 is 10.0 Å². The molecule has 0 aliphatic heterocycles. The van der Waals surface area contributed by atoms with Crippen LogP contribution in [0.1, 0.15) is 44.1 Å². The Morgan fingerprint density at radius 3 is 2.47 bits per heavy atom. The molecule has 1 aromatic carbocycles. The summed E-state index contributed by atoms with van der Waals surface area (Å²) in [7, 11) is -3.47. The van der Waals surface area contributed by atoms with Crippen LogP contribution >= 0.6 is 0 Å². The zero-order valence-corrected chi connectivity index (χ0v) is 11.8. The van der Waals surface area contributed by atoms with Gasteiger partial charge in [0.05, 0.1) is 11.5 Å². The number of hydrogen-bond donors (Lipinski definition) is 2. The SMILES string of the molecule is O=S(=O)(NC1CCCCCC1)c1cccc(CO)c1. The maximum atomic E-state index is 12.3. The van der Waals surface area contributed by atoms with Gasteiger partial charge in [-0.2, -0.15) is 0 Å². The maximum Gasteiger partial charge on any atom is 0.240 e. The minimum absolute atomic E-state index is 0.0466. The third kappa shape index (κ3) is 4.03. The summed E-state index contributed by atoms with van der Waals surface area (Å²) in [5.74, 6) is 0. The largest absolute Gasteiger partial charge is 0.392 e. The molecule has 0 unspecified atom stereocenters. The van der Waals surface area contributed by atoms with Crippen molar-refractivity contribution < 1.29 is 13.5 Å². The van der Waals surface area contributed by atoms with Crippen LogP contribution in [0.15, 0.2) is 29.2 Å². The first-order valence-corrected chi connectivity index (χ1v) is 8.32. The van der Waals surface area contributed by atoms with Crippen LogP contribution < -0.4 is 4.72 Å². The highest BCUT2D eigenvalue weighted by atomic mass is 32.2. The van der Waals surface area contributed by atoms with Gasteiger partial charge in [0.25, 0.3) is 0 Å². The van der Waals surface area contributed by atoms with Gasteiger partial charge < -0.3 is 5.11 Å². The highest BCUT2D eigenvalue weighted by molar-refractivity contribution is 7.89. The van der Waals surface area contributed by atoms with Crippen molar-refractivity contribution in [1.29, 1.82) is 0 Å². The molecule has 1 fully saturated rings. The molecule has 5 heteroatoms. The first-order chi connectivity index (χ1) is 9.12. The first-order valence-electron chi connectivity index (χ1n) is 6.84. The molecule has 4 nitrogen and oxygen atoms in total. The molecule has 0 atom stereocenters. The molecule has 1 aliphatic rings. The highest BCUT2D eigenvalue weighted by Crippen LogP contribution is 2.20. The molecule has 0 bridgehead atoms. The van der Waals surface area contributed by atoms with Crippen molar-refractivity contribution in [3.8, 4) is 0 Å². The molecule has 0 saturated heterocycles. The van der Waals surface area contributed by atoms with E-state index in [0.29, 0.717) is 5.56 Å². The minimum atomic E-state index is -3.47. The normalized spacial score (nSPS) is 18.2. The van der Waals surface area contributed by atoms with E-state index in [9.17, 15) is 8.42 Å². The van der Waals surface area contributed by atoms with Crippen LogP contribution in [0, 0.1) is 0 Å². The number of rotatable bonds is 4. The molecule has 2 N–H and O–H groups in total. The molecule has 0 spiro atoms. The lowest BCUT2D eigenvalue weighted by Crippen LogP contribution is -2.34. The van der Waals surface area contributed by atoms with Gasteiger partial charge in [0.2, 0.25) is 10.0 Å². The van der Waals surface area contributed by atoms with E-state index in [0.717, 1.165) is 25.7 Å². The van der Waals surface area contributed by atoms with E-state index in [2.05, 4.69) is 4.72 Å². The smallest absolute Gasteiger partial charge is 0.240 e. The summed E-state index contributed by atoms with van der Waals surface area (Å²) < 4.78 is 27.4. The number of nitrogens with one attached hydrogen (secondary N) is 1. The number of sulfonamides is 1. The van der Waals surface area contributed by atoms with Gasteiger partial charge in [-0.25, -0.2) is 13.1 Å². The fraction of sp³-hybridized carbons (Fsp3) is 0.571. The van der Waals surface area contributed by atoms with E-state index in [1.54, 1.807) is 18.2 Å². The lowest BCUT2D eigenvalue weighted by atomic mass is 10.1. The van der Waals surface area contributed by atoms with Crippen LogP contribution in [0.4, 0.5) is 0 Å². The molecule has 0 aromatic heterocycles. The van der Waals surface area contributed by atoms with Crippen LogP contribution in [0.2, 0.25) is 0 Å². The summed E-state index contributed by atoms with van der Waals surface area (Å²) >= 11 is 0. The first kappa shape index (κ1) is 14.5. The van der Waals surface area contributed by atoms with Gasteiger partial charge in [0.1, 0.15) is 0 Å². The van der Waals surface area contributed by atoms with Crippen LogP contribution in [0.25, 0.3) is 0 Å². The summed E-state index contributed by atoms with van der Waals surface area (Å²) in [6.45, 7) is -0.146. The minimum Gasteiger partial charge on any atom is -0.392 e. The third-order valence-corrected chi connectivity index (χ3v) is 5.09. The fourth-order valence-corrected chi connectivity index (χ4v) is 3.87. The van der Waals surface area contributed by atoms with Gasteiger partial charge in [-0.15, -0.1) is 0 Å². The molecule has 19 heavy (non-hydrogen) atoms. The van der Waals surface area contributed by atoms with E-state index in [-0.39, 0.29) is 17.5 Å². The summed E-state index contributed by atoms with van der Waals surface area (Å²) in [5, 5.41) is 9.07. The van der Waals surface area contributed by atoms with Gasteiger partial charge in [0, 0.05) is 6.04 Å². The number of benzene rings is 1. The quantitative estimate of drug-likeness (QED) is 0.832. The summed E-state index contributed by atoms with van der Waals surface area (Å²) in [6.07, 6.45) is 6.39. The molecule has 0 radical (unpaired) electrons. The molecule has 1 saturated carbocycles. The second-order valence-corrected chi connectivity index (χ2v) is 6.83. The summed E-state index contributed by atoms with van der Waals surface area (Å²) in [6, 6.07) is 6.51. The second-order valence-electron chi connectivity index (χ2n) is 5.12. The highest BCUT2D eigenvalue weighted by Gasteiger charge is 2.21. The predicted molar refractivity (Wildman–Crippen MR) is 74.2 cm³/mol. The topological polar surface area (TPSA) is 66.4 Å². The van der Waals surface area contributed by atoms with Crippen LogP contribution in [0.3, 0.4) is 0 Å². The van der Waals surface area contributed by atoms with Gasteiger partial charge >= 0.3 is 0 Å². The average Bonchev–Trinajstić information content (AvgIpc) is 2.67. The van der Waals surface area contributed by atoms with Crippen molar-refractivity contribution in [2.75, 3.05) is 0 Å². The van der Waals surface area contributed by atoms with E-state index in [1.807, 2.05) is 0 Å². The van der Waals surface area contributed by atoms with Crippen molar-refractivity contribution in [2.24, 2.45) is 0 Å². The third-order valence-electron chi connectivity index (χ3n) is 3.57. The summed E-state index contributed by atoms with van der Waals surface area (Å²) in [4.78, 5) is 0.239. The standard InChI is InChI=1S/C14H21NO3S/c16-11-12-6-5-9-14(10-12)19(17,18)15-13-7-3-1-2-4-8-13/h5-6,9-10,13,15-16H,1-4,7-8,11H2. The average molecular weight is 283 g/mol. The monoisotopic (exact) mass is 283 g/mol. The Hall–Kier alpha value is -0.910. The van der Waals surface area contributed by atoms with Gasteiger partial charge in [-0.1, -0.05) is 37.8 Å². The molecule has 0 amide bonds. The zero-order chi connectivity index (χ0) is 13.7. The van der Waals surface area contributed by atoms with Crippen molar-refractivity contribution in [3.63, 3.8) is 0 Å². The Morgan fingerprint density at radius 1 is 1.16 bits per heavy atom. The number of aliphatic hydroxyl groups is 1. The van der Waals surface area contributed by atoms with Gasteiger partial charge in [0.15, 0.2) is 0 Å². The Bertz CT molecular complexity index is 505. The van der Waals surface area contributed by atoms with Crippen molar-refractivity contribution in [2.45, 2.75) is 56.1 Å². The second kappa shape index (κ2) is 6.50. The van der Waals surface area contributed by atoms with Crippen LogP contribution in [-0.4, -0.2) is 19.6 Å². The zero-order valence-electron chi connectivity index (χ0n) is 11.0. The van der Waals surface area contributed by atoms with Crippen molar-refractivity contribution >= 4 is 10.0 Å². The Labute approximate surface area is 114 Å². The number of hydrogen-bond acceptors (Lipinski definition) is 3. The van der Waals surface area contributed by atoms with Crippen LogP contribution in [0.5, 0.6) is 0 Å².